The second-order valence-corrected chi connectivity index (χ2v) is 4.54. The molecule has 3 nitrogen and oxygen atoms in total. The number of Topliss-reactive ketones (excluding diaryl/α,β-unsaturated/α-hetero) is 1. The highest BCUT2D eigenvalue weighted by Gasteiger charge is 2.27. The molecular weight excluding hydrogens is 324 g/mol. The minimum atomic E-state index is -0.526. The fourth-order valence-electron chi connectivity index (χ4n) is 1.28. The Morgan fingerprint density at radius 3 is 2.47 bits per heavy atom. The predicted octanol–water partition coefficient (Wildman–Crippen LogP) is 3.72. The zero-order valence-corrected chi connectivity index (χ0v) is 10.7. The number of hydrogen-bond donors (Lipinski definition) is 0. The number of azo groups is 1. The number of ketones is 1. The van der Waals surface area contributed by atoms with Gasteiger partial charge in [0.1, 0.15) is 4.61 Å². The summed E-state index contributed by atoms with van der Waals surface area (Å²) in [6.45, 7) is 0. The van der Waals surface area contributed by atoms with Gasteiger partial charge in [0.15, 0.2) is 6.04 Å². The Morgan fingerprint density at radius 1 is 1.13 bits per heavy atom. The average molecular weight is 330 g/mol. The molecule has 0 unspecified atom stereocenters. The summed E-state index contributed by atoms with van der Waals surface area (Å²) in [6.07, 6.45) is 0. The quantitative estimate of drug-likeness (QED) is 0.724. The first-order valence-corrected chi connectivity index (χ1v) is 5.84. The van der Waals surface area contributed by atoms with E-state index in [2.05, 4.69) is 42.1 Å². The van der Waals surface area contributed by atoms with E-state index in [-0.39, 0.29) is 5.78 Å². The fourth-order valence-corrected chi connectivity index (χ4v) is 1.86. The van der Waals surface area contributed by atoms with Gasteiger partial charge in [0.25, 0.3) is 0 Å². The van der Waals surface area contributed by atoms with E-state index in [0.29, 0.717) is 9.09 Å². The Morgan fingerprint density at radius 2 is 1.80 bits per heavy atom. The maximum Gasteiger partial charge on any atom is 0.203 e. The molecular formula is C10H6Br2N2O. The van der Waals surface area contributed by atoms with Gasteiger partial charge in [0.05, 0.1) is 4.48 Å². The minimum Gasteiger partial charge on any atom is -0.291 e. The first-order valence-electron chi connectivity index (χ1n) is 4.25. The van der Waals surface area contributed by atoms with E-state index in [1.165, 1.54) is 0 Å². The molecule has 5 heteroatoms. The monoisotopic (exact) mass is 328 g/mol. The lowest BCUT2D eigenvalue weighted by atomic mass is 10.0. The van der Waals surface area contributed by atoms with Gasteiger partial charge in [-0.1, -0.05) is 30.3 Å². The highest BCUT2D eigenvalue weighted by Crippen LogP contribution is 2.33. The molecule has 2 rings (SSSR count). The molecule has 0 fully saturated rings. The van der Waals surface area contributed by atoms with Crippen LogP contribution in [-0.4, -0.2) is 5.78 Å². The van der Waals surface area contributed by atoms with Crippen LogP contribution in [0, 0.1) is 0 Å². The van der Waals surface area contributed by atoms with Crippen LogP contribution >= 0.6 is 31.9 Å². The van der Waals surface area contributed by atoms with Crippen LogP contribution in [0.1, 0.15) is 11.6 Å². The van der Waals surface area contributed by atoms with E-state index >= 15 is 0 Å². The first-order chi connectivity index (χ1) is 7.20. The van der Waals surface area contributed by atoms with E-state index in [0.717, 1.165) is 5.56 Å². The van der Waals surface area contributed by atoms with Gasteiger partial charge in [-0.2, -0.15) is 5.11 Å². The summed E-state index contributed by atoms with van der Waals surface area (Å²) in [5.74, 6) is -0.0805. The zero-order chi connectivity index (χ0) is 10.8. The molecule has 15 heavy (non-hydrogen) atoms. The van der Waals surface area contributed by atoms with Gasteiger partial charge in [-0.05, 0) is 37.4 Å². The minimum absolute atomic E-state index is 0.0805. The van der Waals surface area contributed by atoms with Crippen molar-refractivity contribution in [1.82, 2.24) is 0 Å². The molecule has 1 heterocycles. The van der Waals surface area contributed by atoms with E-state index < -0.39 is 6.04 Å². The van der Waals surface area contributed by atoms with Crippen LogP contribution in [0.25, 0.3) is 0 Å². The van der Waals surface area contributed by atoms with Crippen LogP contribution in [0.2, 0.25) is 0 Å². The van der Waals surface area contributed by atoms with E-state index in [4.69, 9.17) is 0 Å². The summed E-state index contributed by atoms with van der Waals surface area (Å²) in [5, 5.41) is 7.83. The van der Waals surface area contributed by atoms with Gasteiger partial charge in [-0.15, -0.1) is 5.11 Å². The van der Waals surface area contributed by atoms with E-state index in [1.807, 2.05) is 30.3 Å². The number of nitrogens with zero attached hydrogens (tertiary/aromatic N) is 2. The molecule has 76 valence electrons. The van der Waals surface area contributed by atoms with Crippen LogP contribution in [-0.2, 0) is 4.79 Å². The molecule has 0 amide bonds. The van der Waals surface area contributed by atoms with E-state index in [1.54, 1.807) is 0 Å². The molecule has 0 radical (unpaired) electrons. The second-order valence-electron chi connectivity index (χ2n) is 3.00. The Balaban J connectivity index is 2.37. The fraction of sp³-hybridized carbons (Fsp3) is 0.100. The SMILES string of the molecule is O=C1C(Br)=C(Br)N=N[C@@H]1c1ccccc1. The maximum atomic E-state index is 11.8. The molecule has 0 N–H and O–H groups in total. The van der Waals surface area contributed by atoms with Gasteiger partial charge in [-0.3, -0.25) is 4.79 Å². The van der Waals surface area contributed by atoms with E-state index in [9.17, 15) is 4.79 Å². The molecule has 0 saturated heterocycles. The van der Waals surface area contributed by atoms with Crippen LogP contribution < -0.4 is 0 Å². The van der Waals surface area contributed by atoms with Gasteiger partial charge in [0.2, 0.25) is 5.78 Å². The topological polar surface area (TPSA) is 41.8 Å². The highest BCUT2D eigenvalue weighted by atomic mass is 79.9. The number of halogens is 2. The molecule has 1 atom stereocenters. The van der Waals surface area contributed by atoms with Gasteiger partial charge in [-0.25, -0.2) is 0 Å². The van der Waals surface area contributed by atoms with Crippen molar-refractivity contribution in [3.8, 4) is 0 Å². The normalized spacial score (nSPS) is 20.9. The van der Waals surface area contributed by atoms with Gasteiger partial charge in [0, 0.05) is 0 Å². The third-order valence-electron chi connectivity index (χ3n) is 2.02. The van der Waals surface area contributed by atoms with Crippen LogP contribution in [0.15, 0.2) is 49.6 Å². The van der Waals surface area contributed by atoms with Crippen LogP contribution in [0.3, 0.4) is 0 Å². The summed E-state index contributed by atoms with van der Waals surface area (Å²) in [4.78, 5) is 11.8. The van der Waals surface area contributed by atoms with Crippen LogP contribution in [0.5, 0.6) is 0 Å². The second kappa shape index (κ2) is 4.37. The molecule has 0 spiro atoms. The summed E-state index contributed by atoms with van der Waals surface area (Å²) < 4.78 is 0.881. The largest absolute Gasteiger partial charge is 0.291 e. The Labute approximate surface area is 104 Å². The lowest BCUT2D eigenvalue weighted by Crippen LogP contribution is -2.13. The third-order valence-corrected chi connectivity index (χ3v) is 3.88. The Bertz CT molecular complexity index is 454. The molecule has 1 aliphatic heterocycles. The summed E-state index contributed by atoms with van der Waals surface area (Å²) in [6, 6.07) is 8.84. The lowest BCUT2D eigenvalue weighted by molar-refractivity contribution is -0.116. The van der Waals surface area contributed by atoms with Gasteiger partial charge < -0.3 is 0 Å². The first kappa shape index (κ1) is 10.7. The van der Waals surface area contributed by atoms with Crippen LogP contribution in [0.4, 0.5) is 0 Å². The molecule has 0 saturated carbocycles. The predicted molar refractivity (Wildman–Crippen MR) is 63.9 cm³/mol. The molecule has 1 aromatic carbocycles. The van der Waals surface area contributed by atoms with Crippen molar-refractivity contribution in [2.45, 2.75) is 6.04 Å². The summed E-state index contributed by atoms with van der Waals surface area (Å²) >= 11 is 6.33. The molecule has 1 aromatic rings. The van der Waals surface area contributed by atoms with Crippen molar-refractivity contribution >= 4 is 37.6 Å². The molecule has 0 aromatic heterocycles. The average Bonchev–Trinajstić information content (AvgIpc) is 2.27. The number of carbonyl (C=O) groups is 1. The summed E-state index contributed by atoms with van der Waals surface area (Å²) in [5.41, 5.74) is 0.850. The van der Waals surface area contributed by atoms with Crippen molar-refractivity contribution in [1.29, 1.82) is 0 Å². The molecule has 1 aliphatic rings. The van der Waals surface area contributed by atoms with Crippen molar-refractivity contribution in [3.05, 3.63) is 45.0 Å². The maximum absolute atomic E-state index is 11.8. The number of benzene rings is 1. The standard InChI is InChI=1S/C10H6Br2N2O/c11-7-9(15)8(13-14-10(7)12)6-4-2-1-3-5-6/h1-5,8H/t8-/m1/s1. The van der Waals surface area contributed by atoms with Crippen molar-refractivity contribution in [3.63, 3.8) is 0 Å². The van der Waals surface area contributed by atoms with Crippen molar-refractivity contribution in [2.24, 2.45) is 10.2 Å². The number of rotatable bonds is 1. The lowest BCUT2D eigenvalue weighted by Gasteiger charge is -2.13. The van der Waals surface area contributed by atoms with Crippen molar-refractivity contribution in [2.75, 3.05) is 0 Å². The third kappa shape index (κ3) is 2.08. The smallest absolute Gasteiger partial charge is 0.203 e. The molecule has 0 bridgehead atoms. The molecule has 0 aliphatic carbocycles. The zero-order valence-electron chi connectivity index (χ0n) is 7.52. The Kier molecular flexibility index (Phi) is 3.11. The van der Waals surface area contributed by atoms with Crippen molar-refractivity contribution < 1.29 is 4.79 Å². The highest BCUT2D eigenvalue weighted by molar-refractivity contribution is 9.14. The summed E-state index contributed by atoms with van der Waals surface area (Å²) in [7, 11) is 0. The van der Waals surface area contributed by atoms with Gasteiger partial charge >= 0.3 is 0 Å². The number of hydrogen-bond acceptors (Lipinski definition) is 3. The Hall–Kier alpha value is -0.810. The number of carbonyl (C=O) groups excluding carboxylic acids is 1.